The van der Waals surface area contributed by atoms with Crippen molar-refractivity contribution in [2.75, 3.05) is 32.1 Å². The minimum Gasteiger partial charge on any atom is -0.464 e. The number of ether oxygens (including phenoxy) is 1. The van der Waals surface area contributed by atoms with E-state index in [0.29, 0.717) is 24.2 Å². The average Bonchev–Trinajstić information content (AvgIpc) is 3.25. The molecule has 3 rings (SSSR count). The van der Waals surface area contributed by atoms with Crippen LogP contribution in [-0.4, -0.2) is 70.7 Å². The molecule has 41 heavy (non-hydrogen) atoms. The Bertz CT molecular complexity index is 1410. The van der Waals surface area contributed by atoms with Crippen LogP contribution in [0.25, 0.3) is 11.0 Å². The lowest BCUT2D eigenvalue weighted by molar-refractivity contribution is -0.149. The number of rotatable bonds is 13. The lowest BCUT2D eigenvalue weighted by atomic mass is 9.80. The van der Waals surface area contributed by atoms with Crippen molar-refractivity contribution in [2.24, 2.45) is 12.8 Å². The lowest BCUT2D eigenvalue weighted by Crippen LogP contribution is -2.54. The highest BCUT2D eigenvalue weighted by atomic mass is 35.5. The van der Waals surface area contributed by atoms with Gasteiger partial charge >= 0.3 is 5.97 Å². The van der Waals surface area contributed by atoms with Crippen LogP contribution in [-0.2, 0) is 38.1 Å². The molecule has 222 valence electrons. The van der Waals surface area contributed by atoms with Crippen molar-refractivity contribution in [3.63, 3.8) is 0 Å². The number of ketones is 1. The molecular formula is C29H40ClN7O4. The number of carbonyl (C=O) groups is 3. The topological polar surface area (TPSA) is 155 Å². The van der Waals surface area contributed by atoms with E-state index in [1.165, 1.54) is 6.92 Å². The van der Waals surface area contributed by atoms with Gasteiger partial charge in [0.05, 0.1) is 29.6 Å². The molecule has 0 radical (unpaired) electrons. The van der Waals surface area contributed by atoms with Gasteiger partial charge in [-0.1, -0.05) is 6.07 Å². The maximum Gasteiger partial charge on any atom is 0.330 e. The van der Waals surface area contributed by atoms with Crippen molar-refractivity contribution in [1.82, 2.24) is 19.8 Å². The van der Waals surface area contributed by atoms with Gasteiger partial charge in [0.25, 0.3) is 0 Å². The molecule has 11 nitrogen and oxygen atoms in total. The number of nitrogens with zero attached hydrogens (tertiary/aromatic N) is 3. The SMILES string of the molecule is CCOC(=O)C(NCC(C)(C(=O)N(C)CC)c1ccc2c(c1)nc(CNc1ccc(C(=N)N)cc1)n2C)C(C)=O.Cl. The number of amides is 1. The van der Waals surface area contributed by atoms with Crippen molar-refractivity contribution >= 4 is 52.6 Å². The smallest absolute Gasteiger partial charge is 0.330 e. The first-order valence-electron chi connectivity index (χ1n) is 13.2. The number of nitrogen functional groups attached to an aromatic ring is 1. The molecule has 5 N–H and O–H groups in total. The summed E-state index contributed by atoms with van der Waals surface area (Å²) >= 11 is 0. The van der Waals surface area contributed by atoms with Gasteiger partial charge in [0, 0.05) is 38.4 Å². The number of fused-ring (bicyclic) bond motifs is 1. The van der Waals surface area contributed by atoms with Gasteiger partial charge in [-0.3, -0.25) is 20.3 Å². The summed E-state index contributed by atoms with van der Waals surface area (Å²) in [5.41, 5.74) is 8.29. The van der Waals surface area contributed by atoms with E-state index in [1.807, 2.05) is 48.9 Å². The van der Waals surface area contributed by atoms with Crippen LogP contribution in [0.4, 0.5) is 5.69 Å². The zero-order valence-electron chi connectivity index (χ0n) is 24.4. The molecule has 0 aliphatic carbocycles. The molecule has 2 unspecified atom stereocenters. The maximum absolute atomic E-state index is 13.6. The highest BCUT2D eigenvalue weighted by Gasteiger charge is 2.39. The van der Waals surface area contributed by atoms with Crippen molar-refractivity contribution in [2.45, 2.75) is 45.7 Å². The number of imidazole rings is 1. The largest absolute Gasteiger partial charge is 0.464 e. The minimum atomic E-state index is -1.17. The molecule has 0 saturated heterocycles. The Balaban J connectivity index is 0.00000588. The van der Waals surface area contributed by atoms with Crippen LogP contribution in [0, 0.1) is 5.41 Å². The van der Waals surface area contributed by atoms with E-state index in [1.54, 1.807) is 37.9 Å². The van der Waals surface area contributed by atoms with Crippen molar-refractivity contribution in [3.8, 4) is 0 Å². The average molecular weight is 586 g/mol. The first-order chi connectivity index (χ1) is 18.9. The molecule has 0 bridgehead atoms. The zero-order chi connectivity index (χ0) is 29.6. The van der Waals surface area contributed by atoms with Gasteiger partial charge in [0.15, 0.2) is 11.8 Å². The number of hydrogen-bond acceptors (Lipinski definition) is 8. The summed E-state index contributed by atoms with van der Waals surface area (Å²) in [6.45, 7) is 7.83. The van der Waals surface area contributed by atoms with Gasteiger partial charge in [0.2, 0.25) is 5.91 Å². The third-order valence-corrected chi connectivity index (χ3v) is 7.14. The molecule has 1 aromatic heterocycles. The predicted molar refractivity (Wildman–Crippen MR) is 163 cm³/mol. The highest BCUT2D eigenvalue weighted by Crippen LogP contribution is 2.29. The van der Waals surface area contributed by atoms with Crippen LogP contribution in [0.1, 0.15) is 44.6 Å². The Hall–Kier alpha value is -3.96. The van der Waals surface area contributed by atoms with Crippen LogP contribution < -0.4 is 16.4 Å². The molecule has 0 aliphatic heterocycles. The van der Waals surface area contributed by atoms with Crippen molar-refractivity contribution < 1.29 is 19.1 Å². The van der Waals surface area contributed by atoms with Crippen molar-refractivity contribution in [1.29, 1.82) is 5.41 Å². The van der Waals surface area contributed by atoms with E-state index in [2.05, 4.69) is 10.6 Å². The Labute approximate surface area is 246 Å². The molecule has 12 heteroatoms. The quantitative estimate of drug-likeness (QED) is 0.103. The van der Waals surface area contributed by atoms with Crippen LogP contribution in [0.3, 0.4) is 0 Å². The predicted octanol–water partition coefficient (Wildman–Crippen LogP) is 2.74. The van der Waals surface area contributed by atoms with Gasteiger partial charge in [-0.25, -0.2) is 9.78 Å². The molecule has 1 heterocycles. The van der Waals surface area contributed by atoms with Gasteiger partial charge in [-0.05, 0) is 69.7 Å². The summed E-state index contributed by atoms with van der Waals surface area (Å²) in [6, 6.07) is 11.8. The third kappa shape index (κ3) is 7.42. The summed E-state index contributed by atoms with van der Waals surface area (Å²) in [4.78, 5) is 44.7. The zero-order valence-corrected chi connectivity index (χ0v) is 25.2. The van der Waals surface area contributed by atoms with E-state index < -0.39 is 17.4 Å². The number of nitrogens with two attached hydrogens (primary N) is 1. The Kier molecular flexibility index (Phi) is 11.4. The number of Topliss-reactive ketones (excluding diaryl/α,β-unsaturated/α-hetero) is 1. The fourth-order valence-corrected chi connectivity index (χ4v) is 4.49. The van der Waals surface area contributed by atoms with E-state index >= 15 is 0 Å². The standard InChI is InChI=1S/C29H39N7O4.ClH/c1-7-35(5)28(39)29(4,17-33-25(18(3)37)27(38)40-8-2)20-11-14-23-22(15-20)34-24(36(23)6)16-32-21-12-9-19(10-13-21)26(30)31;/h9-15,25,32-33H,7-8,16-17H2,1-6H3,(H3,30,31);1H. The number of carbonyl (C=O) groups excluding carboxylic acids is 3. The first kappa shape index (κ1) is 33.2. The number of anilines is 1. The number of esters is 1. The Morgan fingerprint density at radius 1 is 1.17 bits per heavy atom. The summed E-state index contributed by atoms with van der Waals surface area (Å²) in [5, 5.41) is 13.9. The number of likely N-dealkylation sites (N-methyl/N-ethyl adjacent to an activating group) is 1. The molecule has 2 atom stereocenters. The number of aromatic nitrogens is 2. The van der Waals surface area contributed by atoms with Crippen LogP contribution in [0.15, 0.2) is 42.5 Å². The molecule has 1 amide bonds. The van der Waals surface area contributed by atoms with E-state index in [-0.39, 0.29) is 43.1 Å². The first-order valence-corrected chi connectivity index (χ1v) is 13.2. The summed E-state index contributed by atoms with van der Waals surface area (Å²) < 4.78 is 7.04. The number of halogens is 1. The second kappa shape index (κ2) is 14.1. The third-order valence-electron chi connectivity index (χ3n) is 7.14. The number of hydrogen-bond donors (Lipinski definition) is 4. The van der Waals surface area contributed by atoms with Crippen LogP contribution in [0.5, 0.6) is 0 Å². The van der Waals surface area contributed by atoms with Gasteiger partial charge in [0.1, 0.15) is 11.7 Å². The second-order valence-corrected chi connectivity index (χ2v) is 9.96. The number of aryl methyl sites for hydroxylation is 1. The fraction of sp³-hybridized carbons (Fsp3) is 0.414. The number of nitrogens with one attached hydrogen (secondary N) is 3. The van der Waals surface area contributed by atoms with Gasteiger partial charge in [-0.2, -0.15) is 0 Å². The highest BCUT2D eigenvalue weighted by molar-refractivity contribution is 6.02. The number of amidine groups is 1. The molecule has 0 saturated carbocycles. The Morgan fingerprint density at radius 2 is 1.83 bits per heavy atom. The fourth-order valence-electron chi connectivity index (χ4n) is 4.49. The summed E-state index contributed by atoms with van der Waals surface area (Å²) in [6.07, 6.45) is 0. The summed E-state index contributed by atoms with van der Waals surface area (Å²) in [7, 11) is 3.65. The van der Waals surface area contributed by atoms with E-state index in [0.717, 1.165) is 22.5 Å². The molecular weight excluding hydrogens is 546 g/mol. The van der Waals surface area contributed by atoms with Crippen LogP contribution in [0.2, 0.25) is 0 Å². The molecule has 0 spiro atoms. The second-order valence-electron chi connectivity index (χ2n) is 9.96. The van der Waals surface area contributed by atoms with E-state index in [4.69, 9.17) is 20.9 Å². The monoisotopic (exact) mass is 585 g/mol. The van der Waals surface area contributed by atoms with Crippen molar-refractivity contribution in [3.05, 3.63) is 59.4 Å². The number of benzene rings is 2. The molecule has 2 aromatic carbocycles. The molecule has 3 aromatic rings. The van der Waals surface area contributed by atoms with Gasteiger partial charge < -0.3 is 25.3 Å². The Morgan fingerprint density at radius 3 is 2.39 bits per heavy atom. The lowest BCUT2D eigenvalue weighted by Gasteiger charge is -2.34. The maximum atomic E-state index is 13.6. The summed E-state index contributed by atoms with van der Waals surface area (Å²) in [5.74, 6) is -0.396. The van der Waals surface area contributed by atoms with Crippen LogP contribution >= 0.6 is 12.4 Å². The normalized spacial score (nSPS) is 13.0. The minimum absolute atomic E-state index is 0. The van der Waals surface area contributed by atoms with E-state index in [9.17, 15) is 14.4 Å². The molecule has 0 fully saturated rings. The van der Waals surface area contributed by atoms with Gasteiger partial charge in [-0.15, -0.1) is 12.4 Å². The molecule has 0 aliphatic rings.